The maximum absolute atomic E-state index is 15.0. The van der Waals surface area contributed by atoms with Crippen LogP contribution in [0.4, 0.5) is 21.5 Å². The first-order valence-electron chi connectivity index (χ1n) is 14.6. The van der Waals surface area contributed by atoms with Gasteiger partial charge in [0, 0.05) is 36.6 Å². The summed E-state index contributed by atoms with van der Waals surface area (Å²) in [4.78, 5) is 38.8. The average Bonchev–Trinajstić information content (AvgIpc) is 3.00. The van der Waals surface area contributed by atoms with Crippen LogP contribution in [0.15, 0.2) is 48.7 Å². The second-order valence-corrected chi connectivity index (χ2v) is 11.4. The van der Waals surface area contributed by atoms with E-state index in [-0.39, 0.29) is 47.9 Å². The number of pyridine rings is 1. The molecule has 1 amide bonds. The zero-order valence-corrected chi connectivity index (χ0v) is 25.5. The van der Waals surface area contributed by atoms with E-state index in [1.54, 1.807) is 18.2 Å². The fraction of sp³-hybridized carbons (Fsp3) is 0.406. The van der Waals surface area contributed by atoms with E-state index >= 15 is 0 Å². The molecular formula is C32H37FN4O8. The molecule has 3 atom stereocenters. The van der Waals surface area contributed by atoms with E-state index in [2.05, 4.69) is 36.4 Å². The van der Waals surface area contributed by atoms with Gasteiger partial charge >= 0.3 is 11.7 Å². The number of hydrogen-bond donors (Lipinski definition) is 3. The number of nitrogens with zero attached hydrogens (tertiary/aromatic N) is 2. The molecule has 0 radical (unpaired) electrons. The summed E-state index contributed by atoms with van der Waals surface area (Å²) in [6, 6.07) is 9.22. The van der Waals surface area contributed by atoms with E-state index in [0.29, 0.717) is 34.9 Å². The highest BCUT2D eigenvalue weighted by molar-refractivity contribution is 5.93. The minimum atomic E-state index is -1.21. The van der Waals surface area contributed by atoms with Gasteiger partial charge in [0.15, 0.2) is 0 Å². The number of anilines is 2. The summed E-state index contributed by atoms with van der Waals surface area (Å²) in [5, 5.41) is 26.6. The first kappa shape index (κ1) is 33.1. The standard InChI is InChI=1S/C32H37FN4O8/c1-18(2)22-8-5-19(3)13-27(22)44-17-29(38)36-25-10-7-21(14-28(25)43-4)34-16-23-24(33)9-11-26(37(41)42)31(23)45-30-12-6-20(15-35-30)32(39)40/h6-7,9-12,14-15,18-19,22,27,34H,5,8,13,16-17H2,1-4H3,(H,36,38)(H,39,40). The molecule has 12 nitrogen and oxygen atoms in total. The van der Waals surface area contributed by atoms with Crippen LogP contribution in [0.5, 0.6) is 17.4 Å². The Labute approximate surface area is 260 Å². The quantitative estimate of drug-likeness (QED) is 0.139. The molecule has 1 aliphatic rings. The Morgan fingerprint density at radius 1 is 1.18 bits per heavy atom. The zero-order valence-electron chi connectivity index (χ0n) is 25.5. The highest BCUT2D eigenvalue weighted by Crippen LogP contribution is 2.38. The topological polar surface area (TPSA) is 162 Å². The molecule has 3 aromatic rings. The van der Waals surface area contributed by atoms with E-state index in [9.17, 15) is 24.1 Å². The van der Waals surface area contributed by atoms with Gasteiger partial charge in [-0.2, -0.15) is 0 Å². The van der Waals surface area contributed by atoms with Gasteiger partial charge in [-0.05, 0) is 54.9 Å². The molecule has 1 fully saturated rings. The van der Waals surface area contributed by atoms with Gasteiger partial charge in [-0.1, -0.05) is 27.2 Å². The van der Waals surface area contributed by atoms with Gasteiger partial charge in [-0.25, -0.2) is 14.2 Å². The number of methoxy groups -OCH3 is 1. The van der Waals surface area contributed by atoms with Gasteiger partial charge in [0.05, 0.1) is 35.0 Å². The number of nitrogens with one attached hydrogen (secondary N) is 2. The van der Waals surface area contributed by atoms with E-state index in [4.69, 9.17) is 19.3 Å². The van der Waals surface area contributed by atoms with Crippen molar-refractivity contribution in [3.05, 3.63) is 75.7 Å². The lowest BCUT2D eigenvalue weighted by molar-refractivity contribution is -0.385. The number of carbonyl (C=O) groups excluding carboxylic acids is 1. The van der Waals surface area contributed by atoms with E-state index in [0.717, 1.165) is 37.6 Å². The third-order valence-electron chi connectivity index (χ3n) is 7.90. The number of rotatable bonds is 13. The molecule has 2 aromatic carbocycles. The number of nitro benzene ring substituents is 1. The summed E-state index contributed by atoms with van der Waals surface area (Å²) in [6.07, 6.45) is 4.21. The minimum absolute atomic E-state index is 0.0240. The van der Waals surface area contributed by atoms with Gasteiger partial charge in [-0.3, -0.25) is 14.9 Å². The molecule has 1 saturated carbocycles. The maximum Gasteiger partial charge on any atom is 0.337 e. The smallest absolute Gasteiger partial charge is 0.337 e. The largest absolute Gasteiger partial charge is 0.494 e. The van der Waals surface area contributed by atoms with Crippen LogP contribution in [0.2, 0.25) is 0 Å². The molecule has 0 bridgehead atoms. The predicted molar refractivity (Wildman–Crippen MR) is 164 cm³/mol. The number of hydrogen-bond acceptors (Lipinski definition) is 9. The number of aromatic carboxylic acids is 1. The molecule has 3 unspecified atom stereocenters. The van der Waals surface area contributed by atoms with Gasteiger partial charge < -0.3 is 30.0 Å². The molecular weight excluding hydrogens is 587 g/mol. The van der Waals surface area contributed by atoms with Gasteiger partial charge in [0.25, 0.3) is 0 Å². The molecule has 1 aromatic heterocycles. The molecule has 13 heteroatoms. The summed E-state index contributed by atoms with van der Waals surface area (Å²) in [6.45, 7) is 6.24. The Morgan fingerprint density at radius 2 is 1.96 bits per heavy atom. The Morgan fingerprint density at radius 3 is 2.60 bits per heavy atom. The Balaban J connectivity index is 1.46. The average molecular weight is 625 g/mol. The van der Waals surface area contributed by atoms with Crippen LogP contribution in [0.3, 0.4) is 0 Å². The second-order valence-electron chi connectivity index (χ2n) is 11.4. The predicted octanol–water partition coefficient (Wildman–Crippen LogP) is 6.66. The number of amides is 1. The van der Waals surface area contributed by atoms with Crippen molar-refractivity contribution in [2.45, 2.75) is 52.7 Å². The number of nitro groups is 1. The summed E-state index contributed by atoms with van der Waals surface area (Å²) < 4.78 is 32.1. The first-order valence-corrected chi connectivity index (χ1v) is 14.6. The van der Waals surface area contributed by atoms with Crippen molar-refractivity contribution in [2.24, 2.45) is 17.8 Å². The minimum Gasteiger partial charge on any atom is -0.494 e. The van der Waals surface area contributed by atoms with Crippen molar-refractivity contribution in [1.82, 2.24) is 4.98 Å². The van der Waals surface area contributed by atoms with E-state index in [1.807, 2.05) is 0 Å². The van der Waals surface area contributed by atoms with Crippen molar-refractivity contribution < 1.29 is 38.2 Å². The van der Waals surface area contributed by atoms with Crippen LogP contribution in [-0.4, -0.2) is 46.7 Å². The Bertz CT molecular complexity index is 1530. The fourth-order valence-corrected chi connectivity index (χ4v) is 5.46. The normalized spacial score (nSPS) is 17.9. The van der Waals surface area contributed by atoms with E-state index < -0.39 is 22.4 Å². The molecule has 1 heterocycles. The lowest BCUT2D eigenvalue weighted by Gasteiger charge is -2.37. The third kappa shape index (κ3) is 8.44. The van der Waals surface area contributed by atoms with Gasteiger partial charge in [0.1, 0.15) is 18.2 Å². The van der Waals surface area contributed by atoms with Crippen molar-refractivity contribution in [2.75, 3.05) is 24.4 Å². The van der Waals surface area contributed by atoms with Crippen molar-refractivity contribution in [3.8, 4) is 17.4 Å². The van der Waals surface area contributed by atoms with Crippen LogP contribution in [0, 0.1) is 33.7 Å². The number of benzene rings is 2. The fourth-order valence-electron chi connectivity index (χ4n) is 5.46. The Kier molecular flexibility index (Phi) is 10.9. The molecule has 0 aliphatic heterocycles. The highest BCUT2D eigenvalue weighted by Gasteiger charge is 2.32. The van der Waals surface area contributed by atoms with Crippen molar-refractivity contribution in [1.29, 1.82) is 0 Å². The zero-order chi connectivity index (χ0) is 32.7. The third-order valence-corrected chi connectivity index (χ3v) is 7.90. The monoisotopic (exact) mass is 624 g/mol. The maximum atomic E-state index is 15.0. The second kappa shape index (κ2) is 14.8. The number of carboxylic acid groups (broad SMARTS) is 1. The number of ether oxygens (including phenoxy) is 3. The SMILES string of the molecule is COc1cc(NCc2c(F)ccc([N+](=O)[O-])c2Oc2ccc(C(=O)O)cn2)ccc1NC(=O)COC1CC(C)CCC1C(C)C. The molecule has 0 spiro atoms. The van der Waals surface area contributed by atoms with E-state index in [1.165, 1.54) is 19.2 Å². The highest BCUT2D eigenvalue weighted by atomic mass is 19.1. The lowest BCUT2D eigenvalue weighted by atomic mass is 9.75. The van der Waals surface area contributed by atoms with Crippen LogP contribution in [0.1, 0.15) is 56.0 Å². The lowest BCUT2D eigenvalue weighted by Crippen LogP contribution is -2.36. The molecule has 3 N–H and O–H groups in total. The summed E-state index contributed by atoms with van der Waals surface area (Å²) in [5.41, 5.74) is 0.113. The summed E-state index contributed by atoms with van der Waals surface area (Å²) in [5.74, 6) is -1.08. The van der Waals surface area contributed by atoms with Gasteiger partial charge in [-0.15, -0.1) is 0 Å². The van der Waals surface area contributed by atoms with Crippen molar-refractivity contribution >= 4 is 28.9 Å². The molecule has 1 aliphatic carbocycles. The molecule has 4 rings (SSSR count). The number of aromatic nitrogens is 1. The van der Waals surface area contributed by atoms with Crippen molar-refractivity contribution in [3.63, 3.8) is 0 Å². The van der Waals surface area contributed by atoms with Gasteiger partial charge in [0.2, 0.25) is 17.5 Å². The van der Waals surface area contributed by atoms with Crippen LogP contribution in [-0.2, 0) is 16.1 Å². The summed E-state index contributed by atoms with van der Waals surface area (Å²) in [7, 11) is 1.44. The van der Waals surface area contributed by atoms with Crippen LogP contribution >= 0.6 is 0 Å². The first-order chi connectivity index (χ1) is 21.5. The molecule has 240 valence electrons. The number of halogens is 1. The number of carboxylic acids is 1. The molecule has 0 saturated heterocycles. The van der Waals surface area contributed by atoms with Crippen LogP contribution < -0.4 is 20.1 Å². The molecule has 45 heavy (non-hydrogen) atoms. The van der Waals surface area contributed by atoms with Crippen LogP contribution in [0.25, 0.3) is 0 Å². The summed E-state index contributed by atoms with van der Waals surface area (Å²) >= 11 is 0. The number of carbonyl (C=O) groups is 2. The Hall–Kier alpha value is -4.78.